The second kappa shape index (κ2) is 8.28. The van der Waals surface area contributed by atoms with E-state index in [1.54, 1.807) is 6.07 Å². The van der Waals surface area contributed by atoms with E-state index in [-0.39, 0.29) is 5.82 Å². The fourth-order valence-electron chi connectivity index (χ4n) is 3.63. The molecular formula is C18H27BrFN. The monoisotopic (exact) mass is 355 g/mol. The van der Waals surface area contributed by atoms with Crippen LogP contribution >= 0.6 is 15.9 Å². The maximum absolute atomic E-state index is 13.5. The molecule has 3 atom stereocenters. The second-order valence-electron chi connectivity index (χ2n) is 6.36. The Balaban J connectivity index is 2.09. The predicted molar refractivity (Wildman–Crippen MR) is 91.0 cm³/mol. The van der Waals surface area contributed by atoms with Gasteiger partial charge in [-0.2, -0.15) is 0 Å². The maximum Gasteiger partial charge on any atom is 0.123 e. The second-order valence-corrected chi connectivity index (χ2v) is 7.21. The summed E-state index contributed by atoms with van der Waals surface area (Å²) in [4.78, 5) is 0. The van der Waals surface area contributed by atoms with Gasteiger partial charge in [-0.05, 0) is 73.9 Å². The smallest absolute Gasteiger partial charge is 0.123 e. The topological polar surface area (TPSA) is 12.0 Å². The van der Waals surface area contributed by atoms with Crippen LogP contribution in [0.2, 0.25) is 0 Å². The third-order valence-corrected chi connectivity index (χ3v) is 5.75. The summed E-state index contributed by atoms with van der Waals surface area (Å²) >= 11 is 3.58. The van der Waals surface area contributed by atoms with Crippen LogP contribution in [-0.4, -0.2) is 13.1 Å². The molecule has 2 rings (SSSR count). The molecule has 1 N–H and O–H groups in total. The van der Waals surface area contributed by atoms with Gasteiger partial charge >= 0.3 is 0 Å². The molecule has 3 unspecified atom stereocenters. The van der Waals surface area contributed by atoms with Crippen molar-refractivity contribution in [2.75, 3.05) is 13.1 Å². The molecule has 0 bridgehead atoms. The number of benzene rings is 1. The average molecular weight is 356 g/mol. The molecule has 1 saturated carbocycles. The Labute approximate surface area is 136 Å². The fraction of sp³-hybridized carbons (Fsp3) is 0.667. The highest BCUT2D eigenvalue weighted by molar-refractivity contribution is 9.10. The SMILES string of the molecule is CCNCC1CCC(CC)CC1Cc1cc(F)ccc1Br. The minimum Gasteiger partial charge on any atom is -0.317 e. The van der Waals surface area contributed by atoms with Crippen molar-refractivity contribution < 1.29 is 4.39 Å². The molecule has 1 aromatic rings. The van der Waals surface area contributed by atoms with Gasteiger partial charge in [-0.15, -0.1) is 0 Å². The predicted octanol–water partition coefficient (Wildman–Crippen LogP) is 5.18. The van der Waals surface area contributed by atoms with Crippen LogP contribution < -0.4 is 5.32 Å². The lowest BCUT2D eigenvalue weighted by atomic mass is 9.71. The Hall–Kier alpha value is -0.410. The lowest BCUT2D eigenvalue weighted by molar-refractivity contribution is 0.171. The van der Waals surface area contributed by atoms with Crippen molar-refractivity contribution in [3.63, 3.8) is 0 Å². The van der Waals surface area contributed by atoms with Crippen molar-refractivity contribution in [3.8, 4) is 0 Å². The van der Waals surface area contributed by atoms with Gasteiger partial charge < -0.3 is 5.32 Å². The molecule has 0 aromatic heterocycles. The van der Waals surface area contributed by atoms with Gasteiger partial charge in [0, 0.05) is 4.47 Å². The molecule has 1 fully saturated rings. The molecule has 0 heterocycles. The van der Waals surface area contributed by atoms with Crippen molar-refractivity contribution in [2.24, 2.45) is 17.8 Å². The summed E-state index contributed by atoms with van der Waals surface area (Å²) in [5.41, 5.74) is 1.12. The molecule has 1 aromatic carbocycles. The van der Waals surface area contributed by atoms with E-state index < -0.39 is 0 Å². The molecule has 0 amide bonds. The molecular weight excluding hydrogens is 329 g/mol. The Bertz CT molecular complexity index is 449. The van der Waals surface area contributed by atoms with E-state index in [1.165, 1.54) is 31.7 Å². The van der Waals surface area contributed by atoms with Gasteiger partial charge in [-0.3, -0.25) is 0 Å². The van der Waals surface area contributed by atoms with E-state index in [9.17, 15) is 4.39 Å². The number of halogens is 2. The summed E-state index contributed by atoms with van der Waals surface area (Å²) in [5, 5.41) is 3.51. The van der Waals surface area contributed by atoms with Crippen molar-refractivity contribution >= 4 is 15.9 Å². The summed E-state index contributed by atoms with van der Waals surface area (Å²) in [6.07, 6.45) is 6.21. The summed E-state index contributed by atoms with van der Waals surface area (Å²) in [5.74, 6) is 2.11. The fourth-order valence-corrected chi connectivity index (χ4v) is 4.03. The van der Waals surface area contributed by atoms with Crippen LogP contribution in [0.25, 0.3) is 0 Å². The van der Waals surface area contributed by atoms with Gasteiger partial charge in [0.2, 0.25) is 0 Å². The normalized spacial score (nSPS) is 26.0. The highest BCUT2D eigenvalue weighted by Gasteiger charge is 2.29. The third kappa shape index (κ3) is 4.79. The first kappa shape index (κ1) is 17.0. The summed E-state index contributed by atoms with van der Waals surface area (Å²) in [7, 11) is 0. The number of hydrogen-bond acceptors (Lipinski definition) is 1. The molecule has 1 nitrogen and oxygen atoms in total. The lowest BCUT2D eigenvalue weighted by Crippen LogP contribution is -2.34. The Morgan fingerprint density at radius 3 is 2.76 bits per heavy atom. The van der Waals surface area contributed by atoms with Crippen LogP contribution in [0.1, 0.15) is 45.1 Å². The van der Waals surface area contributed by atoms with E-state index >= 15 is 0 Å². The van der Waals surface area contributed by atoms with E-state index in [4.69, 9.17) is 0 Å². The van der Waals surface area contributed by atoms with Crippen LogP contribution in [0.4, 0.5) is 4.39 Å². The van der Waals surface area contributed by atoms with Gasteiger partial charge in [0.1, 0.15) is 5.82 Å². The molecule has 0 spiro atoms. The van der Waals surface area contributed by atoms with Crippen molar-refractivity contribution in [1.82, 2.24) is 5.32 Å². The highest BCUT2D eigenvalue weighted by Crippen LogP contribution is 2.38. The van der Waals surface area contributed by atoms with Gasteiger partial charge in [0.25, 0.3) is 0 Å². The first-order valence-electron chi connectivity index (χ1n) is 8.28. The quantitative estimate of drug-likeness (QED) is 0.740. The van der Waals surface area contributed by atoms with Gasteiger partial charge in [-0.1, -0.05) is 42.6 Å². The van der Waals surface area contributed by atoms with Crippen LogP contribution in [0.5, 0.6) is 0 Å². The molecule has 1 aliphatic carbocycles. The van der Waals surface area contributed by atoms with Gasteiger partial charge in [-0.25, -0.2) is 4.39 Å². The molecule has 118 valence electrons. The third-order valence-electron chi connectivity index (χ3n) is 4.97. The molecule has 0 saturated heterocycles. The zero-order valence-corrected chi connectivity index (χ0v) is 14.8. The van der Waals surface area contributed by atoms with Crippen LogP contribution in [0.15, 0.2) is 22.7 Å². The van der Waals surface area contributed by atoms with Crippen molar-refractivity contribution in [1.29, 1.82) is 0 Å². The van der Waals surface area contributed by atoms with Crippen LogP contribution in [-0.2, 0) is 6.42 Å². The van der Waals surface area contributed by atoms with E-state index in [0.29, 0.717) is 5.92 Å². The van der Waals surface area contributed by atoms with Gasteiger partial charge in [0.15, 0.2) is 0 Å². The maximum atomic E-state index is 13.5. The van der Waals surface area contributed by atoms with Crippen molar-refractivity contribution in [2.45, 2.75) is 46.0 Å². The van der Waals surface area contributed by atoms with Crippen LogP contribution in [0.3, 0.4) is 0 Å². The minimum atomic E-state index is -0.126. The molecule has 3 heteroatoms. The highest BCUT2D eigenvalue weighted by atomic mass is 79.9. The average Bonchev–Trinajstić information content (AvgIpc) is 2.49. The summed E-state index contributed by atoms with van der Waals surface area (Å²) < 4.78 is 14.6. The standard InChI is InChI=1S/C18H27BrFN/c1-3-13-5-6-14(12-21-4-2)15(9-13)10-16-11-17(20)7-8-18(16)19/h7-8,11,13-15,21H,3-6,9-10,12H2,1-2H3. The Morgan fingerprint density at radius 1 is 1.24 bits per heavy atom. The number of nitrogens with one attached hydrogen (secondary N) is 1. The molecule has 0 aliphatic heterocycles. The molecule has 21 heavy (non-hydrogen) atoms. The largest absolute Gasteiger partial charge is 0.317 e. The first-order chi connectivity index (χ1) is 10.1. The van der Waals surface area contributed by atoms with Crippen molar-refractivity contribution in [3.05, 3.63) is 34.1 Å². The molecule has 0 radical (unpaired) electrons. The minimum absolute atomic E-state index is 0.126. The lowest BCUT2D eigenvalue weighted by Gasteiger charge is -2.36. The number of hydrogen-bond donors (Lipinski definition) is 1. The Morgan fingerprint density at radius 2 is 2.05 bits per heavy atom. The van der Waals surface area contributed by atoms with Gasteiger partial charge in [0.05, 0.1) is 0 Å². The Kier molecular flexibility index (Phi) is 6.69. The first-order valence-corrected chi connectivity index (χ1v) is 9.07. The molecule has 1 aliphatic rings. The van der Waals surface area contributed by atoms with Crippen LogP contribution in [0, 0.1) is 23.6 Å². The summed E-state index contributed by atoms with van der Waals surface area (Å²) in [6.45, 7) is 6.59. The number of rotatable bonds is 6. The zero-order chi connectivity index (χ0) is 15.2. The van der Waals surface area contributed by atoms with E-state index in [2.05, 4.69) is 35.1 Å². The zero-order valence-electron chi connectivity index (χ0n) is 13.2. The van der Waals surface area contributed by atoms with E-state index in [0.717, 1.165) is 41.4 Å². The summed E-state index contributed by atoms with van der Waals surface area (Å²) in [6, 6.07) is 5.06. The van der Waals surface area contributed by atoms with E-state index in [1.807, 2.05) is 6.07 Å².